The number of aryl methyl sites for hydroxylation is 2. The first kappa shape index (κ1) is 16.0. The molecular weight excluding hydrogens is 240 g/mol. The van der Waals surface area contributed by atoms with Gasteiger partial charge in [-0.15, -0.1) is 0 Å². The fraction of sp³-hybridized carbons (Fsp3) is 0.200. The average molecular weight is 264 g/mol. The fourth-order valence-electron chi connectivity index (χ4n) is 1.79. The van der Waals surface area contributed by atoms with Crippen molar-refractivity contribution in [2.24, 2.45) is 0 Å². The highest BCUT2D eigenvalue weighted by Crippen LogP contribution is 2.11. The van der Waals surface area contributed by atoms with E-state index in [0.29, 0.717) is 0 Å². The Morgan fingerprint density at radius 3 is 2.05 bits per heavy atom. The molecule has 0 saturated carbocycles. The lowest BCUT2D eigenvalue weighted by atomic mass is 10.1. The summed E-state index contributed by atoms with van der Waals surface area (Å²) in [4.78, 5) is 0. The standard InChI is InChI=1S/2C10H12/c1-8(2)10-6-4-9(3)5-7-10;1-3-6-10-8-5-4-7-9(10)2/h4-7H,1H2,2-3H3;3-8H,1-2H3. The first-order valence-electron chi connectivity index (χ1n) is 6.95. The van der Waals surface area contributed by atoms with Crippen LogP contribution in [0.3, 0.4) is 0 Å². The Bertz CT molecular complexity index is 571. The van der Waals surface area contributed by atoms with Gasteiger partial charge in [-0.3, -0.25) is 0 Å². The van der Waals surface area contributed by atoms with E-state index in [-0.39, 0.29) is 0 Å². The van der Waals surface area contributed by atoms with Gasteiger partial charge in [0, 0.05) is 0 Å². The molecule has 0 nitrogen and oxygen atoms in total. The zero-order valence-electron chi connectivity index (χ0n) is 13.0. The molecule has 0 aliphatic rings. The summed E-state index contributed by atoms with van der Waals surface area (Å²) in [5, 5.41) is 0. The van der Waals surface area contributed by atoms with Gasteiger partial charge >= 0.3 is 0 Å². The van der Waals surface area contributed by atoms with Crippen LogP contribution in [0.5, 0.6) is 0 Å². The molecule has 0 heterocycles. The van der Waals surface area contributed by atoms with E-state index in [1.54, 1.807) is 0 Å². The Kier molecular flexibility index (Phi) is 6.52. The van der Waals surface area contributed by atoms with Crippen LogP contribution >= 0.6 is 0 Å². The molecule has 0 atom stereocenters. The monoisotopic (exact) mass is 264 g/mol. The topological polar surface area (TPSA) is 0 Å². The number of rotatable bonds is 2. The highest BCUT2D eigenvalue weighted by molar-refractivity contribution is 5.61. The van der Waals surface area contributed by atoms with E-state index in [2.05, 4.69) is 81.1 Å². The fourth-order valence-corrected chi connectivity index (χ4v) is 1.79. The van der Waals surface area contributed by atoms with E-state index in [4.69, 9.17) is 0 Å². The largest absolute Gasteiger partial charge is 0.0955 e. The summed E-state index contributed by atoms with van der Waals surface area (Å²) >= 11 is 0. The second kappa shape index (κ2) is 8.16. The predicted octanol–water partition coefficient (Wildman–Crippen LogP) is 6.06. The van der Waals surface area contributed by atoms with Gasteiger partial charge in [-0.05, 0) is 44.4 Å². The molecule has 0 N–H and O–H groups in total. The van der Waals surface area contributed by atoms with Crippen molar-refractivity contribution in [3.8, 4) is 0 Å². The van der Waals surface area contributed by atoms with Gasteiger partial charge < -0.3 is 0 Å². The lowest BCUT2D eigenvalue weighted by Crippen LogP contribution is -1.76. The predicted molar refractivity (Wildman–Crippen MR) is 91.8 cm³/mol. The maximum Gasteiger partial charge on any atom is -0.0231 e. The van der Waals surface area contributed by atoms with Crippen molar-refractivity contribution >= 4 is 11.6 Å². The molecule has 2 aromatic rings. The highest BCUT2D eigenvalue weighted by Gasteiger charge is 1.89. The second-order valence-corrected chi connectivity index (χ2v) is 5.00. The summed E-state index contributed by atoms with van der Waals surface area (Å²) in [5.41, 5.74) is 6.29. The van der Waals surface area contributed by atoms with Crippen molar-refractivity contribution < 1.29 is 0 Å². The van der Waals surface area contributed by atoms with Crippen LogP contribution in [0.15, 0.2) is 61.2 Å². The molecule has 0 aliphatic carbocycles. The molecule has 2 rings (SSSR count). The maximum atomic E-state index is 3.86. The zero-order valence-corrected chi connectivity index (χ0v) is 13.0. The van der Waals surface area contributed by atoms with Crippen LogP contribution in [-0.2, 0) is 0 Å². The van der Waals surface area contributed by atoms with E-state index in [9.17, 15) is 0 Å². The minimum absolute atomic E-state index is 1.13. The van der Waals surface area contributed by atoms with Crippen LogP contribution in [0.2, 0.25) is 0 Å². The van der Waals surface area contributed by atoms with Crippen LogP contribution < -0.4 is 0 Å². The van der Waals surface area contributed by atoms with E-state index >= 15 is 0 Å². The smallest absolute Gasteiger partial charge is 0.0231 e. The second-order valence-electron chi connectivity index (χ2n) is 5.00. The normalized spacial score (nSPS) is 10.0. The summed E-state index contributed by atoms with van der Waals surface area (Å²) < 4.78 is 0. The van der Waals surface area contributed by atoms with Gasteiger partial charge in [0.25, 0.3) is 0 Å². The summed E-state index contributed by atoms with van der Waals surface area (Å²) in [5.74, 6) is 0. The SMILES string of the molecule is C=C(C)c1ccc(C)cc1.CC=Cc1ccccc1C. The van der Waals surface area contributed by atoms with Gasteiger partial charge in [-0.1, -0.05) is 78.4 Å². The molecule has 20 heavy (non-hydrogen) atoms. The molecule has 0 fully saturated rings. The van der Waals surface area contributed by atoms with Crippen LogP contribution in [0.4, 0.5) is 0 Å². The van der Waals surface area contributed by atoms with Gasteiger partial charge in [-0.2, -0.15) is 0 Å². The van der Waals surface area contributed by atoms with Crippen molar-refractivity contribution in [3.05, 3.63) is 83.4 Å². The molecule has 0 amide bonds. The van der Waals surface area contributed by atoms with Crippen LogP contribution in [-0.4, -0.2) is 0 Å². The van der Waals surface area contributed by atoms with E-state index in [0.717, 1.165) is 5.57 Å². The van der Waals surface area contributed by atoms with Crippen molar-refractivity contribution in [3.63, 3.8) is 0 Å². The van der Waals surface area contributed by atoms with E-state index in [1.165, 1.54) is 22.3 Å². The molecule has 0 saturated heterocycles. The lowest BCUT2D eigenvalue weighted by molar-refractivity contribution is 1.44. The summed E-state index contributed by atoms with van der Waals surface area (Å²) in [6.07, 6.45) is 4.18. The molecular formula is C20H24. The minimum atomic E-state index is 1.13. The minimum Gasteiger partial charge on any atom is -0.0955 e. The third-order valence-corrected chi connectivity index (χ3v) is 3.08. The Labute approximate surface area is 123 Å². The molecule has 0 bridgehead atoms. The quantitative estimate of drug-likeness (QED) is 0.618. The average Bonchev–Trinajstić information content (AvgIpc) is 2.43. The molecule has 0 heteroatoms. The first-order chi connectivity index (χ1) is 9.54. The van der Waals surface area contributed by atoms with Crippen molar-refractivity contribution in [2.45, 2.75) is 27.7 Å². The molecule has 0 radical (unpaired) electrons. The number of hydrogen-bond donors (Lipinski definition) is 0. The molecule has 104 valence electrons. The summed E-state index contributed by atoms with van der Waals surface area (Å²) in [7, 11) is 0. The molecule has 0 spiro atoms. The van der Waals surface area contributed by atoms with Gasteiger partial charge in [0.1, 0.15) is 0 Å². The van der Waals surface area contributed by atoms with Gasteiger partial charge in [0.2, 0.25) is 0 Å². The van der Waals surface area contributed by atoms with E-state index < -0.39 is 0 Å². The third-order valence-electron chi connectivity index (χ3n) is 3.08. The van der Waals surface area contributed by atoms with Gasteiger partial charge in [0.15, 0.2) is 0 Å². The van der Waals surface area contributed by atoms with Crippen LogP contribution in [0.1, 0.15) is 36.1 Å². The number of hydrogen-bond acceptors (Lipinski definition) is 0. The first-order valence-corrected chi connectivity index (χ1v) is 6.95. The molecule has 0 unspecified atom stereocenters. The Morgan fingerprint density at radius 2 is 1.55 bits per heavy atom. The van der Waals surface area contributed by atoms with Gasteiger partial charge in [0.05, 0.1) is 0 Å². The Morgan fingerprint density at radius 1 is 0.950 bits per heavy atom. The number of benzene rings is 2. The number of allylic oxidation sites excluding steroid dienone is 2. The van der Waals surface area contributed by atoms with Crippen molar-refractivity contribution in [1.82, 2.24) is 0 Å². The highest BCUT2D eigenvalue weighted by atomic mass is 14.0. The lowest BCUT2D eigenvalue weighted by Gasteiger charge is -1.98. The molecule has 2 aromatic carbocycles. The summed E-state index contributed by atoms with van der Waals surface area (Å²) in [6.45, 7) is 12.1. The van der Waals surface area contributed by atoms with Crippen molar-refractivity contribution in [1.29, 1.82) is 0 Å². The zero-order chi connectivity index (χ0) is 15.0. The van der Waals surface area contributed by atoms with Crippen LogP contribution in [0.25, 0.3) is 11.6 Å². The van der Waals surface area contributed by atoms with Crippen molar-refractivity contribution in [2.75, 3.05) is 0 Å². The molecule has 0 aromatic heterocycles. The van der Waals surface area contributed by atoms with Crippen LogP contribution in [0, 0.1) is 13.8 Å². The third kappa shape index (κ3) is 5.27. The van der Waals surface area contributed by atoms with E-state index in [1.807, 2.05) is 13.8 Å². The molecule has 0 aliphatic heterocycles. The van der Waals surface area contributed by atoms with Gasteiger partial charge in [-0.25, -0.2) is 0 Å². The Hall–Kier alpha value is -2.08. The maximum absolute atomic E-state index is 3.86. The Balaban J connectivity index is 0.000000200. The summed E-state index contributed by atoms with van der Waals surface area (Å²) in [6, 6.07) is 16.7.